The lowest BCUT2D eigenvalue weighted by molar-refractivity contribution is -0.492. The van der Waals surface area contributed by atoms with E-state index in [2.05, 4.69) is 25.5 Å². The highest BCUT2D eigenvalue weighted by atomic mass is 17.1. The number of nitrogens with zero attached hydrogens (tertiary/aromatic N) is 6. The molecule has 4 N–H and O–H groups in total. The van der Waals surface area contributed by atoms with E-state index in [0.29, 0.717) is 43.9 Å². The highest BCUT2D eigenvalue weighted by Crippen LogP contribution is 2.31. The lowest BCUT2D eigenvalue weighted by Crippen LogP contribution is -2.23. The fourth-order valence-electron chi connectivity index (χ4n) is 4.66. The van der Waals surface area contributed by atoms with Crippen molar-refractivity contribution in [2.45, 2.75) is 65.0 Å². The van der Waals surface area contributed by atoms with Crippen LogP contribution in [0.15, 0.2) is 48.5 Å². The van der Waals surface area contributed by atoms with Crippen LogP contribution in [-0.4, -0.2) is 70.3 Å². The lowest BCUT2D eigenvalue weighted by Gasteiger charge is -2.18. The number of nitrogens with one attached hydrogen (secondary N) is 1. The van der Waals surface area contributed by atoms with Gasteiger partial charge >= 0.3 is 5.97 Å². The molecule has 0 amide bonds. The average Bonchev–Trinajstić information content (AvgIpc) is 3.62. The Hall–Kier alpha value is -4.01. The number of aromatic amines is 1. The van der Waals surface area contributed by atoms with Gasteiger partial charge in [0.2, 0.25) is 5.82 Å². The zero-order chi connectivity index (χ0) is 30.1. The van der Waals surface area contributed by atoms with Crippen LogP contribution in [0.3, 0.4) is 0 Å². The number of aryl methyl sites for hydroxylation is 1. The summed E-state index contributed by atoms with van der Waals surface area (Å²) >= 11 is 0. The van der Waals surface area contributed by atoms with Crippen LogP contribution >= 0.6 is 0 Å². The quantitative estimate of drug-likeness (QED) is 0.0899. The fourth-order valence-corrected chi connectivity index (χ4v) is 4.66. The van der Waals surface area contributed by atoms with Gasteiger partial charge in [-0.15, -0.1) is 10.2 Å². The predicted molar refractivity (Wildman–Crippen MR) is 151 cm³/mol. The third kappa shape index (κ3) is 7.84. The number of benzene rings is 2. The van der Waals surface area contributed by atoms with Crippen LogP contribution in [0.4, 0.5) is 0 Å². The summed E-state index contributed by atoms with van der Waals surface area (Å²) in [5, 5.41) is 42.2. The van der Waals surface area contributed by atoms with E-state index in [-0.39, 0.29) is 30.0 Å². The molecule has 13 heteroatoms. The minimum Gasteiger partial charge on any atom is -0.461 e. The normalized spacial score (nSPS) is 11.8. The molecule has 224 valence electrons. The maximum absolute atomic E-state index is 13.4. The molecule has 0 saturated carbocycles. The number of hydrogen-bond donors (Lipinski definition) is 4. The summed E-state index contributed by atoms with van der Waals surface area (Å²) < 4.78 is 7.45. The van der Waals surface area contributed by atoms with E-state index < -0.39 is 11.6 Å². The molecule has 0 bridgehead atoms. The van der Waals surface area contributed by atoms with Gasteiger partial charge in [-0.1, -0.05) is 55.5 Å². The van der Waals surface area contributed by atoms with Gasteiger partial charge in [0.1, 0.15) is 17.1 Å². The molecule has 0 radical (unpaired) electrons. The Morgan fingerprint density at radius 3 is 2.38 bits per heavy atom. The van der Waals surface area contributed by atoms with Crippen LogP contribution < -0.4 is 0 Å². The molecule has 2 heterocycles. The second-order valence-corrected chi connectivity index (χ2v) is 10.4. The van der Waals surface area contributed by atoms with Gasteiger partial charge in [-0.05, 0) is 61.4 Å². The second-order valence-electron chi connectivity index (χ2n) is 10.4. The number of H-pyrrole nitrogens is 1. The van der Waals surface area contributed by atoms with E-state index in [1.165, 1.54) is 0 Å². The molecule has 0 unspecified atom stereocenters. The van der Waals surface area contributed by atoms with Crippen molar-refractivity contribution in [3.8, 4) is 22.5 Å². The van der Waals surface area contributed by atoms with Gasteiger partial charge in [-0.3, -0.25) is 15.3 Å². The van der Waals surface area contributed by atoms with Crippen molar-refractivity contribution in [3.63, 3.8) is 0 Å². The van der Waals surface area contributed by atoms with Crippen LogP contribution in [0.1, 0.15) is 74.0 Å². The van der Waals surface area contributed by atoms with Crippen molar-refractivity contribution in [1.29, 1.82) is 0 Å². The van der Waals surface area contributed by atoms with Crippen LogP contribution in [0, 0.1) is 0 Å². The molecular weight excluding hydrogens is 542 g/mol. The summed E-state index contributed by atoms with van der Waals surface area (Å²) in [6.45, 7) is 5.90. The number of carbonyl (C=O) groups excluding carboxylic acids is 1. The first-order valence-electron chi connectivity index (χ1n) is 13.9. The minimum absolute atomic E-state index is 0.123. The number of hydrogen-bond acceptors (Lipinski definition) is 11. The Morgan fingerprint density at radius 2 is 1.74 bits per heavy atom. The Kier molecular flexibility index (Phi) is 10.5. The van der Waals surface area contributed by atoms with Gasteiger partial charge in [-0.2, -0.15) is 5.21 Å². The summed E-state index contributed by atoms with van der Waals surface area (Å²) in [4.78, 5) is 22.6. The highest BCUT2D eigenvalue weighted by Gasteiger charge is 2.32. The number of unbranched alkanes of at least 4 members (excludes halogenated alkanes) is 2. The molecule has 2 aromatic carbocycles. The molecule has 13 nitrogen and oxygen atoms in total. The smallest absolute Gasteiger partial charge is 0.357 e. The number of tetrazole rings is 1. The van der Waals surface area contributed by atoms with Crippen LogP contribution in [-0.2, 0) is 28.1 Å². The number of imidazole rings is 1. The molecule has 0 fully saturated rings. The molecule has 0 aliphatic rings. The summed E-state index contributed by atoms with van der Waals surface area (Å²) in [6.07, 6.45) is 3.20. The zero-order valence-electron chi connectivity index (χ0n) is 24.0. The van der Waals surface area contributed by atoms with Crippen LogP contribution in [0.25, 0.3) is 22.5 Å². The molecule has 2 aromatic heterocycles. The van der Waals surface area contributed by atoms with E-state index in [1.54, 1.807) is 13.8 Å². The zero-order valence-corrected chi connectivity index (χ0v) is 24.0. The monoisotopic (exact) mass is 579 g/mol. The van der Waals surface area contributed by atoms with Crippen LogP contribution in [0.2, 0.25) is 0 Å². The van der Waals surface area contributed by atoms with Gasteiger partial charge in [-0.25, -0.2) is 9.78 Å². The van der Waals surface area contributed by atoms with E-state index in [0.717, 1.165) is 28.7 Å². The largest absolute Gasteiger partial charge is 0.461 e. The summed E-state index contributed by atoms with van der Waals surface area (Å²) in [6, 6.07) is 15.8. The molecule has 0 aliphatic carbocycles. The number of ether oxygens (including phenoxy) is 1. The molecule has 0 spiro atoms. The van der Waals surface area contributed by atoms with Gasteiger partial charge < -0.3 is 14.4 Å². The Morgan fingerprint density at radius 1 is 1.02 bits per heavy atom. The maximum Gasteiger partial charge on any atom is 0.357 e. The summed E-state index contributed by atoms with van der Waals surface area (Å²) in [5.74, 6) is 0.651. The predicted octanol–water partition coefficient (Wildman–Crippen LogP) is 4.30. The maximum atomic E-state index is 13.4. The van der Waals surface area contributed by atoms with Crippen molar-refractivity contribution in [1.82, 2.24) is 35.6 Å². The average molecular weight is 580 g/mol. The van der Waals surface area contributed by atoms with E-state index in [4.69, 9.17) is 20.1 Å². The number of carbonyl (C=O) groups is 1. The first-order valence-corrected chi connectivity index (χ1v) is 13.9. The highest BCUT2D eigenvalue weighted by molar-refractivity contribution is 5.89. The molecule has 0 aliphatic heterocycles. The SMILES string of the molecule is CCCc1nc(C(C)(C)O)c(C(=O)OCCCCCON(O)O)n1Cc1ccc(-c2ccccc2-c2nn[nH]n2)cc1. The van der Waals surface area contributed by atoms with Gasteiger partial charge in [0.15, 0.2) is 5.69 Å². The Balaban J connectivity index is 1.56. The fraction of sp³-hybridized carbons (Fsp3) is 0.414. The van der Waals surface area contributed by atoms with Crippen LogP contribution in [0.5, 0.6) is 0 Å². The molecular formula is C29H37N7O6. The Labute approximate surface area is 243 Å². The molecule has 4 aromatic rings. The first-order chi connectivity index (χ1) is 20.2. The second kappa shape index (κ2) is 14.2. The van der Waals surface area contributed by atoms with Gasteiger partial charge in [0.05, 0.1) is 18.6 Å². The standard InChI is InChI=1S/C29H37N7O6/c1-4-10-24-30-26(29(2,3)38)25(28(37)41-17-8-5-9-18-42-36(39)40)35(24)19-20-13-15-21(16-14-20)22-11-6-7-12-23(22)27-31-33-34-32-27/h6-7,11-16,38-40H,4-5,8-10,17-19H2,1-3H3,(H,31,32,33,34). The van der Waals surface area contributed by atoms with Crippen molar-refractivity contribution in [2.24, 2.45) is 0 Å². The number of aromatic nitrogens is 6. The topological polar surface area (TPSA) is 172 Å². The number of aliphatic hydroxyl groups is 1. The third-order valence-electron chi connectivity index (χ3n) is 6.64. The third-order valence-corrected chi connectivity index (χ3v) is 6.64. The summed E-state index contributed by atoms with van der Waals surface area (Å²) in [7, 11) is 0. The van der Waals surface area contributed by atoms with E-state index >= 15 is 0 Å². The molecule has 42 heavy (non-hydrogen) atoms. The molecule has 0 atom stereocenters. The van der Waals surface area contributed by atoms with Gasteiger partial charge in [0, 0.05) is 18.5 Å². The van der Waals surface area contributed by atoms with Crippen molar-refractivity contribution >= 4 is 5.97 Å². The minimum atomic E-state index is -1.36. The van der Waals surface area contributed by atoms with E-state index in [1.807, 2.05) is 60.0 Å². The Bertz CT molecular complexity index is 1430. The van der Waals surface area contributed by atoms with Crippen molar-refractivity contribution < 1.29 is 29.9 Å². The van der Waals surface area contributed by atoms with Gasteiger partial charge in [0.25, 0.3) is 0 Å². The first kappa shape index (κ1) is 30.9. The van der Waals surface area contributed by atoms with Crippen molar-refractivity contribution in [2.75, 3.05) is 13.2 Å². The number of esters is 1. The summed E-state index contributed by atoms with van der Waals surface area (Å²) in [5.41, 5.74) is 2.90. The lowest BCUT2D eigenvalue weighted by atomic mass is 9.98. The van der Waals surface area contributed by atoms with E-state index in [9.17, 15) is 9.90 Å². The molecule has 4 rings (SSSR count). The van der Waals surface area contributed by atoms with Crippen molar-refractivity contribution in [3.05, 3.63) is 71.3 Å². The number of rotatable bonds is 15. The molecule has 0 saturated heterocycles.